The van der Waals surface area contributed by atoms with Gasteiger partial charge in [0.05, 0.1) is 12.5 Å². The van der Waals surface area contributed by atoms with E-state index >= 15 is 0 Å². The molecule has 0 unspecified atom stereocenters. The van der Waals surface area contributed by atoms with E-state index in [-0.39, 0.29) is 6.04 Å². The van der Waals surface area contributed by atoms with Crippen LogP contribution in [0.1, 0.15) is 44.6 Å². The molecule has 0 amide bonds. The van der Waals surface area contributed by atoms with Crippen LogP contribution in [0.3, 0.4) is 0 Å². The number of hydrogen-bond acceptors (Lipinski definition) is 3. The van der Waals surface area contributed by atoms with Crippen LogP contribution >= 0.6 is 0 Å². The van der Waals surface area contributed by atoms with Crippen LogP contribution in [-0.4, -0.2) is 36.7 Å². The number of hydrogen-bond donors (Lipinski definition) is 0. The summed E-state index contributed by atoms with van der Waals surface area (Å²) in [5.74, 6) is 0. The van der Waals surface area contributed by atoms with E-state index in [9.17, 15) is 8.42 Å². The van der Waals surface area contributed by atoms with Crippen LogP contribution in [0.5, 0.6) is 0 Å². The Bertz CT molecular complexity index is 492. The standard InChI is InChI=1S/C14H24N2O3S/c1-3-16(11-13-9-10-19-12-13)20(17,18)15(2)14-7-5-4-6-8-14/h9-10,12,14H,3-8,11H2,1-2H3. The molecule has 0 radical (unpaired) electrons. The van der Waals surface area contributed by atoms with Crippen LogP contribution in [0.25, 0.3) is 0 Å². The van der Waals surface area contributed by atoms with Gasteiger partial charge in [0.25, 0.3) is 10.2 Å². The number of rotatable bonds is 6. The van der Waals surface area contributed by atoms with Crippen LogP contribution in [0.15, 0.2) is 23.0 Å². The molecule has 1 heterocycles. The third kappa shape index (κ3) is 3.42. The van der Waals surface area contributed by atoms with E-state index in [0.29, 0.717) is 13.1 Å². The zero-order valence-electron chi connectivity index (χ0n) is 12.3. The van der Waals surface area contributed by atoms with Crippen LogP contribution in [0, 0.1) is 0 Å². The Hall–Kier alpha value is -0.850. The monoisotopic (exact) mass is 300 g/mol. The van der Waals surface area contributed by atoms with E-state index in [4.69, 9.17) is 4.42 Å². The summed E-state index contributed by atoms with van der Waals surface area (Å²) >= 11 is 0. The summed E-state index contributed by atoms with van der Waals surface area (Å²) < 4.78 is 33.5. The molecule has 0 aliphatic heterocycles. The topological polar surface area (TPSA) is 53.8 Å². The van der Waals surface area contributed by atoms with E-state index in [1.54, 1.807) is 29.9 Å². The highest BCUT2D eigenvalue weighted by molar-refractivity contribution is 7.86. The van der Waals surface area contributed by atoms with Crippen molar-refractivity contribution in [3.05, 3.63) is 24.2 Å². The zero-order chi connectivity index (χ0) is 14.6. The Morgan fingerprint density at radius 2 is 2.00 bits per heavy atom. The van der Waals surface area contributed by atoms with Crippen molar-refractivity contribution in [1.29, 1.82) is 0 Å². The van der Waals surface area contributed by atoms with Crippen molar-refractivity contribution in [3.8, 4) is 0 Å². The zero-order valence-corrected chi connectivity index (χ0v) is 13.1. The fourth-order valence-electron chi connectivity index (χ4n) is 2.76. The van der Waals surface area contributed by atoms with Crippen LogP contribution in [-0.2, 0) is 16.8 Å². The maximum absolute atomic E-state index is 12.7. The van der Waals surface area contributed by atoms with Gasteiger partial charge in [0.2, 0.25) is 0 Å². The highest BCUT2D eigenvalue weighted by Crippen LogP contribution is 2.25. The van der Waals surface area contributed by atoms with Gasteiger partial charge in [-0.05, 0) is 18.9 Å². The predicted molar refractivity (Wildman–Crippen MR) is 78.3 cm³/mol. The van der Waals surface area contributed by atoms with Crippen molar-refractivity contribution >= 4 is 10.2 Å². The lowest BCUT2D eigenvalue weighted by atomic mass is 9.96. The van der Waals surface area contributed by atoms with Gasteiger partial charge in [-0.2, -0.15) is 17.0 Å². The summed E-state index contributed by atoms with van der Waals surface area (Å²) in [5.41, 5.74) is 0.882. The first-order valence-electron chi connectivity index (χ1n) is 7.30. The third-order valence-corrected chi connectivity index (χ3v) is 6.14. The van der Waals surface area contributed by atoms with Crippen LogP contribution in [0.2, 0.25) is 0 Å². The molecule has 0 N–H and O–H groups in total. The molecular formula is C14H24N2O3S. The van der Waals surface area contributed by atoms with Crippen molar-refractivity contribution in [2.24, 2.45) is 0 Å². The molecule has 20 heavy (non-hydrogen) atoms. The molecule has 6 heteroatoms. The maximum Gasteiger partial charge on any atom is 0.282 e. The molecule has 1 aromatic rings. The lowest BCUT2D eigenvalue weighted by Crippen LogP contribution is -2.46. The molecule has 2 rings (SSSR count). The summed E-state index contributed by atoms with van der Waals surface area (Å²) in [6, 6.07) is 1.95. The van der Waals surface area contributed by atoms with Gasteiger partial charge < -0.3 is 4.42 Å². The highest BCUT2D eigenvalue weighted by Gasteiger charge is 2.32. The second-order valence-corrected chi connectivity index (χ2v) is 7.36. The van der Waals surface area contributed by atoms with E-state index < -0.39 is 10.2 Å². The third-order valence-electron chi connectivity index (χ3n) is 4.07. The highest BCUT2D eigenvalue weighted by atomic mass is 32.2. The Morgan fingerprint density at radius 3 is 2.55 bits per heavy atom. The lowest BCUT2D eigenvalue weighted by Gasteiger charge is -2.34. The van der Waals surface area contributed by atoms with Gasteiger partial charge in [-0.15, -0.1) is 0 Å². The van der Waals surface area contributed by atoms with Gasteiger partial charge in [0.1, 0.15) is 0 Å². The minimum Gasteiger partial charge on any atom is -0.472 e. The van der Waals surface area contributed by atoms with E-state index in [1.165, 1.54) is 10.7 Å². The molecule has 0 spiro atoms. The van der Waals surface area contributed by atoms with Crippen molar-refractivity contribution < 1.29 is 12.8 Å². The Morgan fingerprint density at radius 1 is 1.30 bits per heavy atom. The smallest absolute Gasteiger partial charge is 0.282 e. The molecule has 1 fully saturated rings. The largest absolute Gasteiger partial charge is 0.472 e. The quantitative estimate of drug-likeness (QED) is 0.811. The molecule has 0 saturated heterocycles. The van der Waals surface area contributed by atoms with Gasteiger partial charge >= 0.3 is 0 Å². The van der Waals surface area contributed by atoms with Crippen molar-refractivity contribution in [2.75, 3.05) is 13.6 Å². The average Bonchev–Trinajstić information content (AvgIpc) is 2.97. The molecule has 0 aromatic carbocycles. The summed E-state index contributed by atoms with van der Waals surface area (Å²) in [5, 5.41) is 0. The number of furan rings is 1. The Kier molecular flexibility index (Phi) is 5.23. The average molecular weight is 300 g/mol. The van der Waals surface area contributed by atoms with Gasteiger partial charge in [0.15, 0.2) is 0 Å². The van der Waals surface area contributed by atoms with Gasteiger partial charge in [-0.3, -0.25) is 0 Å². The second kappa shape index (κ2) is 6.74. The first-order valence-corrected chi connectivity index (χ1v) is 8.69. The summed E-state index contributed by atoms with van der Waals surface area (Å²) in [6.45, 7) is 2.70. The molecule has 0 atom stereocenters. The summed E-state index contributed by atoms with van der Waals surface area (Å²) in [6.07, 6.45) is 8.57. The predicted octanol–water partition coefficient (Wildman–Crippen LogP) is 2.61. The minimum atomic E-state index is -3.40. The van der Waals surface area contributed by atoms with Gasteiger partial charge in [0, 0.05) is 31.7 Å². The molecule has 114 valence electrons. The molecule has 1 aliphatic rings. The van der Waals surface area contributed by atoms with Crippen molar-refractivity contribution in [1.82, 2.24) is 8.61 Å². The first-order chi connectivity index (χ1) is 9.55. The Labute approximate surface area is 121 Å². The van der Waals surface area contributed by atoms with E-state index in [2.05, 4.69) is 0 Å². The van der Waals surface area contributed by atoms with Crippen LogP contribution < -0.4 is 0 Å². The Balaban J connectivity index is 2.09. The molecular weight excluding hydrogens is 276 g/mol. The molecule has 1 saturated carbocycles. The van der Waals surface area contributed by atoms with E-state index in [0.717, 1.165) is 31.2 Å². The lowest BCUT2D eigenvalue weighted by molar-refractivity contribution is 0.262. The normalized spacial score (nSPS) is 18.0. The summed E-state index contributed by atoms with van der Waals surface area (Å²) in [4.78, 5) is 0. The first kappa shape index (κ1) is 15.5. The molecule has 1 aliphatic carbocycles. The van der Waals surface area contributed by atoms with Crippen molar-refractivity contribution in [2.45, 2.75) is 51.6 Å². The number of nitrogens with zero attached hydrogens (tertiary/aromatic N) is 2. The van der Waals surface area contributed by atoms with Crippen LogP contribution in [0.4, 0.5) is 0 Å². The van der Waals surface area contributed by atoms with Crippen molar-refractivity contribution in [3.63, 3.8) is 0 Å². The maximum atomic E-state index is 12.7. The molecule has 1 aromatic heterocycles. The molecule has 5 nitrogen and oxygen atoms in total. The minimum absolute atomic E-state index is 0.146. The van der Waals surface area contributed by atoms with Gasteiger partial charge in [-0.25, -0.2) is 0 Å². The second-order valence-electron chi connectivity index (χ2n) is 5.37. The van der Waals surface area contributed by atoms with Gasteiger partial charge in [-0.1, -0.05) is 26.2 Å². The SMILES string of the molecule is CCN(Cc1ccoc1)S(=O)(=O)N(C)C1CCCCC1. The molecule has 0 bridgehead atoms. The fraction of sp³-hybridized carbons (Fsp3) is 0.714. The fourth-order valence-corrected chi connectivity index (χ4v) is 4.35. The summed E-state index contributed by atoms with van der Waals surface area (Å²) in [7, 11) is -1.69. The van der Waals surface area contributed by atoms with E-state index in [1.807, 2.05) is 6.92 Å².